The second-order valence-corrected chi connectivity index (χ2v) is 6.83. The number of anilines is 2. The topological polar surface area (TPSA) is 68.6 Å². The Hall–Kier alpha value is -3.24. The van der Waals surface area contributed by atoms with Crippen molar-refractivity contribution in [2.45, 2.75) is 0 Å². The van der Waals surface area contributed by atoms with Crippen LogP contribution < -0.4 is 15.0 Å². The Morgan fingerprint density at radius 2 is 1.90 bits per heavy atom. The number of nitriles is 1. The molecule has 1 heterocycles. The molecule has 1 fully saturated rings. The van der Waals surface area contributed by atoms with E-state index in [-0.39, 0.29) is 17.3 Å². The highest BCUT2D eigenvalue weighted by atomic mass is 35.5. The van der Waals surface area contributed by atoms with Gasteiger partial charge >= 0.3 is 0 Å². The first kappa shape index (κ1) is 20.5. The number of methoxy groups -OCH3 is 1. The van der Waals surface area contributed by atoms with Crippen molar-refractivity contribution in [1.82, 2.24) is 4.90 Å². The summed E-state index contributed by atoms with van der Waals surface area (Å²) in [6.45, 7) is 2.17. The lowest BCUT2D eigenvalue weighted by Gasteiger charge is -2.36. The Balaban J connectivity index is 1.61. The minimum Gasteiger partial charge on any atom is -0.495 e. The van der Waals surface area contributed by atoms with E-state index < -0.39 is 0 Å². The van der Waals surface area contributed by atoms with E-state index in [0.29, 0.717) is 42.6 Å². The van der Waals surface area contributed by atoms with Gasteiger partial charge in [0.15, 0.2) is 0 Å². The third-order valence-electron chi connectivity index (χ3n) is 4.64. The third-order valence-corrected chi connectivity index (χ3v) is 4.94. The van der Waals surface area contributed by atoms with Gasteiger partial charge in [0.2, 0.25) is 0 Å². The molecule has 2 aromatic carbocycles. The molecule has 1 saturated heterocycles. The fourth-order valence-electron chi connectivity index (χ4n) is 3.04. The van der Waals surface area contributed by atoms with E-state index in [2.05, 4.69) is 10.2 Å². The molecule has 1 aliphatic heterocycles. The molecule has 0 bridgehead atoms. The minimum atomic E-state index is -0.335. The van der Waals surface area contributed by atoms with Crippen LogP contribution in [0.4, 0.5) is 15.8 Å². The van der Waals surface area contributed by atoms with Crippen LogP contribution in [0.3, 0.4) is 0 Å². The van der Waals surface area contributed by atoms with Crippen LogP contribution in [-0.2, 0) is 4.79 Å². The normalized spacial score (nSPS) is 14.3. The number of piperazine rings is 1. The number of amides is 1. The zero-order valence-electron chi connectivity index (χ0n) is 15.9. The number of nitrogens with one attached hydrogen (secondary N) is 1. The number of ether oxygens (including phenoxy) is 1. The second-order valence-electron chi connectivity index (χ2n) is 6.42. The standard InChI is InChI=1S/C21H20ClFN4O2/c1-29-20-7-4-17(12-19(20)22)25-14-15(13-24)21(28)27-10-8-26(9-11-27)18-5-2-16(23)3-6-18/h2-7,12,14,25H,8-11H2,1H3/b15-14-. The zero-order valence-corrected chi connectivity index (χ0v) is 16.6. The lowest BCUT2D eigenvalue weighted by Crippen LogP contribution is -2.49. The van der Waals surface area contributed by atoms with Gasteiger partial charge in [-0.2, -0.15) is 5.26 Å². The first-order valence-electron chi connectivity index (χ1n) is 9.02. The zero-order chi connectivity index (χ0) is 20.8. The molecule has 150 valence electrons. The number of hydrogen-bond donors (Lipinski definition) is 1. The second kappa shape index (κ2) is 9.30. The smallest absolute Gasteiger partial charge is 0.266 e. The summed E-state index contributed by atoms with van der Waals surface area (Å²) >= 11 is 6.08. The van der Waals surface area contributed by atoms with Crippen LogP contribution in [0.2, 0.25) is 5.02 Å². The molecule has 0 spiro atoms. The summed E-state index contributed by atoms with van der Waals surface area (Å²) in [6.07, 6.45) is 1.38. The van der Waals surface area contributed by atoms with Crippen molar-refractivity contribution in [2.75, 3.05) is 43.5 Å². The van der Waals surface area contributed by atoms with E-state index in [9.17, 15) is 14.4 Å². The molecule has 29 heavy (non-hydrogen) atoms. The van der Waals surface area contributed by atoms with Crippen LogP contribution in [0.1, 0.15) is 0 Å². The van der Waals surface area contributed by atoms with Crippen LogP contribution in [-0.4, -0.2) is 44.1 Å². The van der Waals surface area contributed by atoms with Gasteiger partial charge in [0, 0.05) is 43.8 Å². The lowest BCUT2D eigenvalue weighted by molar-refractivity contribution is -0.127. The van der Waals surface area contributed by atoms with Gasteiger partial charge < -0.3 is 19.9 Å². The predicted octanol–water partition coefficient (Wildman–Crippen LogP) is 3.66. The Morgan fingerprint density at radius 1 is 1.21 bits per heavy atom. The predicted molar refractivity (Wildman–Crippen MR) is 111 cm³/mol. The highest BCUT2D eigenvalue weighted by Gasteiger charge is 2.24. The van der Waals surface area contributed by atoms with Gasteiger partial charge in [0.05, 0.1) is 12.1 Å². The van der Waals surface area contributed by atoms with Crippen molar-refractivity contribution in [2.24, 2.45) is 0 Å². The molecule has 0 atom stereocenters. The maximum absolute atomic E-state index is 13.1. The minimum absolute atomic E-state index is 0.00664. The highest BCUT2D eigenvalue weighted by molar-refractivity contribution is 6.32. The van der Waals surface area contributed by atoms with Crippen molar-refractivity contribution in [1.29, 1.82) is 5.26 Å². The van der Waals surface area contributed by atoms with Crippen LogP contribution in [0.25, 0.3) is 0 Å². The largest absolute Gasteiger partial charge is 0.495 e. The van der Waals surface area contributed by atoms with Gasteiger partial charge in [-0.05, 0) is 42.5 Å². The SMILES string of the molecule is COc1ccc(N/C=C(/C#N)C(=O)N2CCN(c3ccc(F)cc3)CC2)cc1Cl. The molecular formula is C21H20ClFN4O2. The van der Waals surface area contributed by atoms with E-state index in [1.54, 1.807) is 35.2 Å². The number of benzene rings is 2. The number of nitrogens with zero attached hydrogens (tertiary/aromatic N) is 3. The van der Waals surface area contributed by atoms with E-state index in [1.165, 1.54) is 25.4 Å². The Kier molecular flexibility index (Phi) is 6.57. The molecule has 1 aliphatic rings. The maximum Gasteiger partial charge on any atom is 0.266 e. The number of carbonyl (C=O) groups is 1. The molecule has 0 aliphatic carbocycles. The van der Waals surface area contributed by atoms with E-state index in [1.807, 2.05) is 6.07 Å². The fourth-order valence-corrected chi connectivity index (χ4v) is 3.30. The molecule has 0 unspecified atom stereocenters. The number of carbonyl (C=O) groups excluding carboxylic acids is 1. The Bertz CT molecular complexity index is 948. The molecule has 0 saturated carbocycles. The van der Waals surface area contributed by atoms with Gasteiger partial charge in [0.1, 0.15) is 23.2 Å². The van der Waals surface area contributed by atoms with Crippen LogP contribution in [0.15, 0.2) is 54.2 Å². The molecule has 0 aromatic heterocycles. The number of hydrogen-bond acceptors (Lipinski definition) is 5. The summed E-state index contributed by atoms with van der Waals surface area (Å²) < 4.78 is 18.2. The average Bonchev–Trinajstić information content (AvgIpc) is 2.75. The van der Waals surface area contributed by atoms with Crippen molar-refractivity contribution in [3.05, 3.63) is 65.1 Å². The maximum atomic E-state index is 13.1. The van der Waals surface area contributed by atoms with Crippen LogP contribution >= 0.6 is 11.6 Å². The molecule has 1 N–H and O–H groups in total. The summed E-state index contributed by atoms with van der Waals surface area (Å²) in [7, 11) is 1.52. The fraction of sp³-hybridized carbons (Fsp3) is 0.238. The van der Waals surface area contributed by atoms with Crippen molar-refractivity contribution in [3.8, 4) is 11.8 Å². The molecule has 8 heteroatoms. The third kappa shape index (κ3) is 4.98. The van der Waals surface area contributed by atoms with Crippen LogP contribution in [0, 0.1) is 17.1 Å². The molecule has 1 amide bonds. The molecule has 0 radical (unpaired) electrons. The molecule has 6 nitrogen and oxygen atoms in total. The summed E-state index contributed by atoms with van der Waals surface area (Å²) in [6, 6.07) is 13.3. The first-order valence-corrected chi connectivity index (χ1v) is 9.39. The van der Waals surface area contributed by atoms with Crippen molar-refractivity contribution in [3.63, 3.8) is 0 Å². The van der Waals surface area contributed by atoms with Crippen molar-refractivity contribution >= 4 is 28.9 Å². The quantitative estimate of drug-likeness (QED) is 0.597. The Labute approximate surface area is 173 Å². The highest BCUT2D eigenvalue weighted by Crippen LogP contribution is 2.27. The summed E-state index contributed by atoms with van der Waals surface area (Å²) in [5.41, 5.74) is 1.55. The van der Waals surface area contributed by atoms with Crippen LogP contribution in [0.5, 0.6) is 5.75 Å². The van der Waals surface area contributed by atoms with Gasteiger partial charge in [-0.15, -0.1) is 0 Å². The number of rotatable bonds is 5. The number of halogens is 2. The van der Waals surface area contributed by atoms with Gasteiger partial charge in [0.25, 0.3) is 5.91 Å². The molecule has 2 aromatic rings. The summed E-state index contributed by atoms with van der Waals surface area (Å²) in [5.74, 6) is -0.0767. The van der Waals surface area contributed by atoms with E-state index in [4.69, 9.17) is 16.3 Å². The Morgan fingerprint density at radius 3 is 2.48 bits per heavy atom. The van der Waals surface area contributed by atoms with Gasteiger partial charge in [-0.3, -0.25) is 4.79 Å². The van der Waals surface area contributed by atoms with E-state index in [0.717, 1.165) is 5.69 Å². The first-order chi connectivity index (χ1) is 14.0. The van der Waals surface area contributed by atoms with Gasteiger partial charge in [-0.25, -0.2) is 4.39 Å². The average molecular weight is 415 g/mol. The van der Waals surface area contributed by atoms with Crippen molar-refractivity contribution < 1.29 is 13.9 Å². The molecule has 3 rings (SSSR count). The molecular weight excluding hydrogens is 395 g/mol. The monoisotopic (exact) mass is 414 g/mol. The lowest BCUT2D eigenvalue weighted by atomic mass is 10.2. The summed E-state index contributed by atoms with van der Waals surface area (Å²) in [5, 5.41) is 12.8. The van der Waals surface area contributed by atoms with Gasteiger partial charge in [-0.1, -0.05) is 11.6 Å². The summed E-state index contributed by atoms with van der Waals surface area (Å²) in [4.78, 5) is 16.4. The van der Waals surface area contributed by atoms with E-state index >= 15 is 0 Å².